The maximum absolute atomic E-state index is 13.2. The van der Waals surface area contributed by atoms with Crippen LogP contribution in [0.3, 0.4) is 0 Å². The molecule has 1 aromatic heterocycles. The maximum Gasteiger partial charge on any atom is 0.165 e. The summed E-state index contributed by atoms with van der Waals surface area (Å²) in [6.45, 7) is 4.33. The van der Waals surface area contributed by atoms with E-state index in [-0.39, 0.29) is 17.2 Å². The third-order valence-corrected chi connectivity index (χ3v) is 1.72. The first-order valence-electron chi connectivity index (χ1n) is 4.43. The Morgan fingerprint density at radius 1 is 1.57 bits per heavy atom. The largest absolute Gasteiger partial charge is 0.382 e. The molecule has 78 valence electrons. The van der Waals surface area contributed by atoms with Gasteiger partial charge in [-0.25, -0.2) is 9.37 Å². The molecule has 0 fully saturated rings. The lowest BCUT2D eigenvalue weighted by atomic mass is 10.1. The zero-order valence-electron chi connectivity index (χ0n) is 8.67. The second-order valence-electron chi connectivity index (χ2n) is 3.78. The zero-order chi connectivity index (χ0) is 10.6. The lowest BCUT2D eigenvalue weighted by Gasteiger charge is -2.25. The molecule has 0 atom stereocenters. The summed E-state index contributed by atoms with van der Waals surface area (Å²) in [7, 11) is 1.61. The molecule has 1 aromatic rings. The molecule has 1 rings (SSSR count). The Bertz CT molecular complexity index is 302. The fourth-order valence-corrected chi connectivity index (χ4v) is 1.20. The van der Waals surface area contributed by atoms with Crippen molar-refractivity contribution >= 4 is 5.82 Å². The topological polar surface area (TPSA) is 34.1 Å². The van der Waals surface area contributed by atoms with E-state index < -0.39 is 0 Å². The SMILES string of the molecule is COCC(C)(C)Nc1ncccc1F. The highest BCUT2D eigenvalue weighted by molar-refractivity contribution is 5.38. The predicted octanol–water partition coefficient (Wildman–Crippen LogP) is 2.06. The van der Waals surface area contributed by atoms with Crippen LogP contribution < -0.4 is 5.32 Å². The third-order valence-electron chi connectivity index (χ3n) is 1.72. The van der Waals surface area contributed by atoms with Gasteiger partial charge in [-0.2, -0.15) is 0 Å². The number of rotatable bonds is 4. The summed E-state index contributed by atoms with van der Waals surface area (Å²) in [5.74, 6) is -0.0915. The maximum atomic E-state index is 13.2. The second-order valence-corrected chi connectivity index (χ2v) is 3.78. The first-order chi connectivity index (χ1) is 6.55. The van der Waals surface area contributed by atoms with Crippen LogP contribution >= 0.6 is 0 Å². The van der Waals surface area contributed by atoms with Crippen molar-refractivity contribution in [1.29, 1.82) is 0 Å². The van der Waals surface area contributed by atoms with Gasteiger partial charge in [0.05, 0.1) is 12.1 Å². The Balaban J connectivity index is 2.73. The minimum absolute atomic E-state index is 0.259. The number of nitrogens with zero attached hydrogens (tertiary/aromatic N) is 1. The summed E-state index contributed by atoms with van der Waals surface area (Å²) in [6, 6.07) is 2.93. The number of nitrogens with one attached hydrogen (secondary N) is 1. The second kappa shape index (κ2) is 4.37. The number of aromatic nitrogens is 1. The van der Waals surface area contributed by atoms with E-state index in [1.165, 1.54) is 6.07 Å². The van der Waals surface area contributed by atoms with Gasteiger partial charge in [0.15, 0.2) is 11.6 Å². The molecular formula is C10H15FN2O. The minimum atomic E-state index is -0.350. The Labute approximate surface area is 83.3 Å². The van der Waals surface area contributed by atoms with Gasteiger partial charge < -0.3 is 10.1 Å². The summed E-state index contributed by atoms with van der Waals surface area (Å²) in [5.41, 5.74) is -0.329. The fraction of sp³-hybridized carbons (Fsp3) is 0.500. The molecule has 0 saturated heterocycles. The summed E-state index contributed by atoms with van der Waals surface area (Å²) in [6.07, 6.45) is 1.55. The number of hydrogen-bond donors (Lipinski definition) is 1. The van der Waals surface area contributed by atoms with Crippen LogP contribution in [0.2, 0.25) is 0 Å². The highest BCUT2D eigenvalue weighted by atomic mass is 19.1. The smallest absolute Gasteiger partial charge is 0.165 e. The van der Waals surface area contributed by atoms with Crippen LogP contribution in [0, 0.1) is 5.82 Å². The van der Waals surface area contributed by atoms with E-state index in [9.17, 15) is 4.39 Å². The molecule has 0 aromatic carbocycles. The van der Waals surface area contributed by atoms with Gasteiger partial charge in [0, 0.05) is 13.3 Å². The van der Waals surface area contributed by atoms with Gasteiger partial charge in [-0.3, -0.25) is 0 Å². The van der Waals surface area contributed by atoms with Crippen molar-refractivity contribution in [2.75, 3.05) is 19.0 Å². The van der Waals surface area contributed by atoms with E-state index in [0.717, 1.165) is 0 Å². The number of anilines is 1. The molecule has 0 bridgehead atoms. The van der Waals surface area contributed by atoms with E-state index >= 15 is 0 Å². The van der Waals surface area contributed by atoms with Crippen LogP contribution in [0.1, 0.15) is 13.8 Å². The Morgan fingerprint density at radius 3 is 2.86 bits per heavy atom. The highest BCUT2D eigenvalue weighted by Crippen LogP contribution is 2.15. The lowest BCUT2D eigenvalue weighted by molar-refractivity contribution is 0.158. The molecular weight excluding hydrogens is 183 g/mol. The summed E-state index contributed by atoms with van der Waals surface area (Å²) in [4.78, 5) is 3.90. The van der Waals surface area contributed by atoms with Crippen molar-refractivity contribution in [1.82, 2.24) is 4.98 Å². The van der Waals surface area contributed by atoms with Crippen LogP contribution in [-0.4, -0.2) is 24.2 Å². The van der Waals surface area contributed by atoms with Crippen molar-refractivity contribution in [2.45, 2.75) is 19.4 Å². The van der Waals surface area contributed by atoms with Gasteiger partial charge in [-0.1, -0.05) is 0 Å². The number of hydrogen-bond acceptors (Lipinski definition) is 3. The number of ether oxygens (including phenoxy) is 1. The summed E-state index contributed by atoms with van der Waals surface area (Å²) < 4.78 is 18.2. The van der Waals surface area contributed by atoms with Crippen LogP contribution in [0.4, 0.5) is 10.2 Å². The molecule has 4 heteroatoms. The normalized spacial score (nSPS) is 11.4. The van der Waals surface area contributed by atoms with Crippen LogP contribution in [-0.2, 0) is 4.74 Å². The van der Waals surface area contributed by atoms with Gasteiger partial charge >= 0.3 is 0 Å². The average molecular weight is 198 g/mol. The van der Waals surface area contributed by atoms with E-state index in [0.29, 0.717) is 6.61 Å². The van der Waals surface area contributed by atoms with Crippen molar-refractivity contribution < 1.29 is 9.13 Å². The molecule has 0 saturated carbocycles. The standard InChI is InChI=1S/C10H15FN2O/c1-10(2,7-14-3)13-9-8(11)5-4-6-12-9/h4-6H,7H2,1-3H3,(H,12,13). The monoisotopic (exact) mass is 198 g/mol. The van der Waals surface area contributed by atoms with Gasteiger partial charge in [0.1, 0.15) is 0 Å². The molecule has 1 heterocycles. The molecule has 3 nitrogen and oxygen atoms in total. The molecule has 0 unspecified atom stereocenters. The summed E-state index contributed by atoms with van der Waals surface area (Å²) >= 11 is 0. The van der Waals surface area contributed by atoms with Crippen molar-refractivity contribution in [2.24, 2.45) is 0 Å². The van der Waals surface area contributed by atoms with Crippen LogP contribution in [0.25, 0.3) is 0 Å². The van der Waals surface area contributed by atoms with Gasteiger partial charge in [-0.15, -0.1) is 0 Å². The van der Waals surface area contributed by atoms with Crippen molar-refractivity contribution in [3.8, 4) is 0 Å². The quantitative estimate of drug-likeness (QED) is 0.804. The molecule has 0 aliphatic heterocycles. The van der Waals surface area contributed by atoms with E-state index in [1.54, 1.807) is 19.4 Å². The van der Waals surface area contributed by atoms with E-state index in [1.807, 2.05) is 13.8 Å². The predicted molar refractivity (Wildman–Crippen MR) is 53.8 cm³/mol. The molecule has 0 amide bonds. The fourth-order valence-electron chi connectivity index (χ4n) is 1.20. The average Bonchev–Trinajstić information content (AvgIpc) is 2.08. The first kappa shape index (κ1) is 10.9. The van der Waals surface area contributed by atoms with Gasteiger partial charge in [0.2, 0.25) is 0 Å². The van der Waals surface area contributed by atoms with Crippen molar-refractivity contribution in [3.63, 3.8) is 0 Å². The Morgan fingerprint density at radius 2 is 2.29 bits per heavy atom. The molecule has 0 spiro atoms. The first-order valence-corrected chi connectivity index (χ1v) is 4.43. The molecule has 1 N–H and O–H groups in total. The van der Waals surface area contributed by atoms with E-state index in [2.05, 4.69) is 10.3 Å². The van der Waals surface area contributed by atoms with Gasteiger partial charge in [-0.05, 0) is 26.0 Å². The zero-order valence-corrected chi connectivity index (χ0v) is 8.67. The molecule has 0 radical (unpaired) electrons. The van der Waals surface area contributed by atoms with Crippen LogP contribution in [0.15, 0.2) is 18.3 Å². The molecule has 0 aliphatic carbocycles. The number of pyridine rings is 1. The van der Waals surface area contributed by atoms with E-state index in [4.69, 9.17) is 4.74 Å². The number of methoxy groups -OCH3 is 1. The lowest BCUT2D eigenvalue weighted by Crippen LogP contribution is -2.36. The minimum Gasteiger partial charge on any atom is -0.382 e. The molecule has 0 aliphatic rings. The molecule has 14 heavy (non-hydrogen) atoms. The van der Waals surface area contributed by atoms with Crippen LogP contribution in [0.5, 0.6) is 0 Å². The Kier molecular flexibility index (Phi) is 3.41. The van der Waals surface area contributed by atoms with Crippen molar-refractivity contribution in [3.05, 3.63) is 24.1 Å². The summed E-state index contributed by atoms with van der Waals surface area (Å²) in [5, 5.41) is 2.98. The highest BCUT2D eigenvalue weighted by Gasteiger charge is 2.19. The number of halogens is 1. The van der Waals surface area contributed by atoms with Gasteiger partial charge in [0.25, 0.3) is 0 Å². The Hall–Kier alpha value is -1.16. The third kappa shape index (κ3) is 2.96.